The summed E-state index contributed by atoms with van der Waals surface area (Å²) in [6.45, 7) is 1.81. The number of nitrogens with zero attached hydrogens (tertiary/aromatic N) is 1. The lowest BCUT2D eigenvalue weighted by molar-refractivity contribution is -0.384. The first-order valence-electron chi connectivity index (χ1n) is 9.43. The summed E-state index contributed by atoms with van der Waals surface area (Å²) in [5.41, 5.74) is 0.833. The van der Waals surface area contributed by atoms with Gasteiger partial charge in [0.05, 0.1) is 4.92 Å². The molecule has 160 valence electrons. The predicted octanol–water partition coefficient (Wildman–Crippen LogP) is 5.00. The highest BCUT2D eigenvalue weighted by Gasteiger charge is 2.24. The highest BCUT2D eigenvalue weighted by Crippen LogP contribution is 2.37. The van der Waals surface area contributed by atoms with E-state index in [1.54, 1.807) is 19.1 Å². The van der Waals surface area contributed by atoms with Crippen molar-refractivity contribution >= 4 is 20.2 Å². The van der Waals surface area contributed by atoms with Crippen molar-refractivity contribution in [2.24, 2.45) is 0 Å². The summed E-state index contributed by atoms with van der Waals surface area (Å²) in [7, 11) is -1.80. The lowest BCUT2D eigenvalue weighted by Crippen LogP contribution is -2.34. The van der Waals surface area contributed by atoms with E-state index in [9.17, 15) is 14.9 Å². The molecule has 1 N–H and O–H groups in total. The molecule has 0 bridgehead atoms. The van der Waals surface area contributed by atoms with E-state index in [1.165, 1.54) is 24.3 Å². The lowest BCUT2D eigenvalue weighted by atomic mass is 10.2. The van der Waals surface area contributed by atoms with Crippen molar-refractivity contribution in [1.82, 2.24) is 5.09 Å². The van der Waals surface area contributed by atoms with Gasteiger partial charge in [-0.15, -0.1) is 0 Å². The molecule has 0 fully saturated rings. The molecule has 3 aromatic rings. The van der Waals surface area contributed by atoms with Crippen LogP contribution < -0.4 is 14.1 Å². The number of rotatable bonds is 10. The Hall–Kier alpha value is -3.48. The zero-order valence-electron chi connectivity index (χ0n) is 16.7. The van der Waals surface area contributed by atoms with E-state index in [4.69, 9.17) is 13.8 Å². The zero-order valence-corrected chi connectivity index (χ0v) is 17.6. The molecule has 31 heavy (non-hydrogen) atoms. The molecule has 0 saturated carbocycles. The minimum Gasteiger partial charge on any atom is -0.460 e. The molecule has 8 nitrogen and oxygen atoms in total. The van der Waals surface area contributed by atoms with Crippen LogP contribution in [-0.2, 0) is 16.1 Å². The molecule has 9 heteroatoms. The molecule has 0 saturated heterocycles. The lowest BCUT2D eigenvalue weighted by Gasteiger charge is -2.22. The van der Waals surface area contributed by atoms with Crippen LogP contribution in [0.4, 0.5) is 5.69 Å². The number of para-hydroxylation sites is 1. The molecular formula is C22H21N2O6P. The first-order chi connectivity index (χ1) is 15.0. The molecule has 0 aliphatic heterocycles. The number of hydrogen-bond donors (Lipinski definition) is 1. The molecule has 2 atom stereocenters. The number of nitro groups is 1. The Morgan fingerprint density at radius 3 is 2.06 bits per heavy atom. The first-order valence-corrected chi connectivity index (χ1v) is 10.6. The number of esters is 1. The summed E-state index contributed by atoms with van der Waals surface area (Å²) in [5.74, 6) is 0.457. The molecule has 0 amide bonds. The highest BCUT2D eigenvalue weighted by molar-refractivity contribution is 7.45. The van der Waals surface area contributed by atoms with Gasteiger partial charge >= 0.3 is 14.5 Å². The number of ether oxygens (including phenoxy) is 1. The number of non-ortho nitro benzene ring substituents is 1. The smallest absolute Gasteiger partial charge is 0.382 e. The van der Waals surface area contributed by atoms with Crippen molar-refractivity contribution in [3.63, 3.8) is 0 Å². The Bertz CT molecular complexity index is 986. The molecule has 0 aromatic heterocycles. The maximum Gasteiger partial charge on any atom is 0.382 e. The van der Waals surface area contributed by atoms with Gasteiger partial charge in [-0.3, -0.25) is 14.9 Å². The molecular weight excluding hydrogens is 419 g/mol. The summed E-state index contributed by atoms with van der Waals surface area (Å²) in [5, 5.41) is 13.8. The normalized spacial score (nSPS) is 12.4. The number of hydrogen-bond acceptors (Lipinski definition) is 7. The van der Waals surface area contributed by atoms with Crippen LogP contribution in [-0.4, -0.2) is 16.9 Å². The van der Waals surface area contributed by atoms with Crippen molar-refractivity contribution in [3.8, 4) is 11.5 Å². The van der Waals surface area contributed by atoms with E-state index in [2.05, 4.69) is 5.09 Å². The topological polar surface area (TPSA) is 99.9 Å². The van der Waals surface area contributed by atoms with Crippen molar-refractivity contribution < 1.29 is 23.5 Å². The van der Waals surface area contributed by atoms with Gasteiger partial charge in [-0.1, -0.05) is 48.5 Å². The van der Waals surface area contributed by atoms with E-state index in [0.717, 1.165) is 5.56 Å². The summed E-state index contributed by atoms with van der Waals surface area (Å²) in [6.07, 6.45) is 0. The van der Waals surface area contributed by atoms with Gasteiger partial charge in [-0.2, -0.15) is 0 Å². The summed E-state index contributed by atoms with van der Waals surface area (Å²) >= 11 is 0. The van der Waals surface area contributed by atoms with Gasteiger partial charge in [0.2, 0.25) is 0 Å². The number of benzene rings is 3. The molecule has 0 radical (unpaired) electrons. The van der Waals surface area contributed by atoms with Crippen molar-refractivity contribution in [3.05, 3.63) is 101 Å². The quantitative estimate of drug-likeness (QED) is 0.205. The third-order valence-electron chi connectivity index (χ3n) is 4.04. The van der Waals surface area contributed by atoms with Gasteiger partial charge in [0.1, 0.15) is 24.1 Å². The van der Waals surface area contributed by atoms with Gasteiger partial charge in [0.25, 0.3) is 5.69 Å². The fourth-order valence-electron chi connectivity index (χ4n) is 2.44. The second-order valence-corrected chi connectivity index (χ2v) is 7.59. The maximum atomic E-state index is 12.4. The monoisotopic (exact) mass is 440 g/mol. The van der Waals surface area contributed by atoms with Crippen LogP contribution in [0.25, 0.3) is 0 Å². The Balaban J connectivity index is 1.65. The summed E-state index contributed by atoms with van der Waals surface area (Å²) in [6, 6.07) is 23.3. The first kappa shape index (κ1) is 22.2. The van der Waals surface area contributed by atoms with Crippen molar-refractivity contribution in [2.75, 3.05) is 0 Å². The molecule has 0 aliphatic carbocycles. The van der Waals surface area contributed by atoms with Crippen molar-refractivity contribution in [2.45, 2.75) is 19.6 Å². The predicted molar refractivity (Wildman–Crippen MR) is 117 cm³/mol. The minimum absolute atomic E-state index is 0.0496. The van der Waals surface area contributed by atoms with E-state index < -0.39 is 25.5 Å². The van der Waals surface area contributed by atoms with Crippen LogP contribution >= 0.6 is 8.53 Å². The zero-order chi connectivity index (χ0) is 22.1. The van der Waals surface area contributed by atoms with E-state index in [1.807, 2.05) is 48.5 Å². The maximum absolute atomic E-state index is 12.4. The fourth-order valence-corrected chi connectivity index (χ4v) is 3.63. The van der Waals surface area contributed by atoms with Crippen LogP contribution in [0.3, 0.4) is 0 Å². The Kier molecular flexibility index (Phi) is 7.92. The van der Waals surface area contributed by atoms with Gasteiger partial charge < -0.3 is 13.8 Å². The standard InChI is InChI=1S/C22H21N2O6P/c1-17(22(25)28-16-18-8-4-2-5-9-18)23-31(29-20-10-6-3-7-11-20)30-21-14-12-19(13-15-21)24(26)27/h2-15,17,23H,16H2,1H3/t17?,31-/m1/s1. The third kappa shape index (κ3) is 7.06. The van der Waals surface area contributed by atoms with E-state index in [-0.39, 0.29) is 12.3 Å². The van der Waals surface area contributed by atoms with Gasteiger partial charge in [0, 0.05) is 12.1 Å². The molecule has 0 heterocycles. The number of nitro benzene ring substituents is 1. The van der Waals surface area contributed by atoms with Gasteiger partial charge in [0.15, 0.2) is 0 Å². The van der Waals surface area contributed by atoms with Crippen molar-refractivity contribution in [1.29, 1.82) is 0 Å². The molecule has 0 aliphatic rings. The second-order valence-electron chi connectivity index (χ2n) is 6.45. The van der Waals surface area contributed by atoms with Crippen LogP contribution in [0.5, 0.6) is 11.5 Å². The molecule has 3 rings (SSSR count). The number of nitrogens with one attached hydrogen (secondary N) is 1. The van der Waals surface area contributed by atoms with Gasteiger partial charge in [-0.25, -0.2) is 5.09 Å². The average molecular weight is 440 g/mol. The fraction of sp³-hybridized carbons (Fsp3) is 0.136. The Morgan fingerprint density at radius 1 is 0.935 bits per heavy atom. The van der Waals surface area contributed by atoms with Crippen LogP contribution in [0.2, 0.25) is 0 Å². The Labute approximate surface area is 180 Å². The summed E-state index contributed by atoms with van der Waals surface area (Å²) < 4.78 is 17.1. The average Bonchev–Trinajstić information content (AvgIpc) is 2.79. The van der Waals surface area contributed by atoms with Crippen LogP contribution in [0.15, 0.2) is 84.9 Å². The summed E-state index contributed by atoms with van der Waals surface area (Å²) in [4.78, 5) is 22.8. The van der Waals surface area contributed by atoms with Crippen LogP contribution in [0.1, 0.15) is 12.5 Å². The molecule has 1 unspecified atom stereocenters. The third-order valence-corrected chi connectivity index (χ3v) is 5.40. The Morgan fingerprint density at radius 2 is 1.48 bits per heavy atom. The van der Waals surface area contributed by atoms with Gasteiger partial charge in [-0.05, 0) is 36.8 Å². The largest absolute Gasteiger partial charge is 0.460 e. The highest BCUT2D eigenvalue weighted by atomic mass is 31.2. The molecule has 0 spiro atoms. The second kappa shape index (κ2) is 11.1. The van der Waals surface area contributed by atoms with Crippen LogP contribution in [0, 0.1) is 10.1 Å². The van der Waals surface area contributed by atoms with E-state index >= 15 is 0 Å². The molecule has 3 aromatic carbocycles. The van der Waals surface area contributed by atoms with E-state index in [0.29, 0.717) is 11.5 Å². The SMILES string of the molecule is CC(N[P@](Oc1ccccc1)Oc1ccc([N+](=O)[O-])cc1)C(=O)OCc1ccccc1. The number of carbonyl (C=O) groups is 1. The minimum atomic E-state index is -1.80. The number of carbonyl (C=O) groups excluding carboxylic acids is 1.